The number of hydrogen-bond donors (Lipinski definition) is 1. The summed E-state index contributed by atoms with van der Waals surface area (Å²) in [6.45, 7) is 0. The highest BCUT2D eigenvalue weighted by Crippen LogP contribution is 2.22. The highest BCUT2D eigenvalue weighted by atomic mass is 127. The van der Waals surface area contributed by atoms with Crippen LogP contribution in [0.4, 0.5) is 5.82 Å². The van der Waals surface area contributed by atoms with E-state index >= 15 is 0 Å². The second-order valence-electron chi connectivity index (χ2n) is 4.04. The van der Waals surface area contributed by atoms with Crippen molar-refractivity contribution in [2.24, 2.45) is 0 Å². The molecule has 1 atom stereocenters. The molecule has 94 valence electrons. The molecule has 0 amide bonds. The molecule has 0 spiro atoms. The number of nitrogens with zero attached hydrogens (tertiary/aromatic N) is 2. The van der Waals surface area contributed by atoms with Gasteiger partial charge in [-0.1, -0.05) is 0 Å². The van der Waals surface area contributed by atoms with E-state index in [1.807, 2.05) is 22.6 Å². The molecule has 1 N–H and O–H groups in total. The Kier molecular flexibility index (Phi) is 3.43. The lowest BCUT2D eigenvalue weighted by atomic mass is 10.2. The van der Waals surface area contributed by atoms with Crippen molar-refractivity contribution < 1.29 is 8.42 Å². The van der Waals surface area contributed by atoms with Gasteiger partial charge in [0.15, 0.2) is 9.84 Å². The Bertz CT molecular complexity index is 583. The van der Waals surface area contributed by atoms with Gasteiger partial charge in [-0.15, -0.1) is 0 Å². The zero-order valence-corrected chi connectivity index (χ0v) is 12.2. The minimum absolute atomic E-state index is 0.0946. The van der Waals surface area contributed by atoms with E-state index in [0.29, 0.717) is 15.8 Å². The van der Waals surface area contributed by atoms with E-state index in [0.717, 1.165) is 0 Å². The minimum atomic E-state index is -2.93. The third-order valence-corrected chi connectivity index (χ3v) is 5.59. The first kappa shape index (κ1) is 12.8. The van der Waals surface area contributed by atoms with Crippen molar-refractivity contribution in [3.05, 3.63) is 20.3 Å². The summed E-state index contributed by atoms with van der Waals surface area (Å²) >= 11 is 1.92. The van der Waals surface area contributed by atoms with Gasteiger partial charge in [0.2, 0.25) is 0 Å². The molecule has 0 bridgehead atoms. The van der Waals surface area contributed by atoms with Crippen molar-refractivity contribution in [1.82, 2.24) is 9.97 Å². The molecule has 0 radical (unpaired) electrons. The number of nitrogens with one attached hydrogen (secondary N) is 1. The van der Waals surface area contributed by atoms with Gasteiger partial charge >= 0.3 is 0 Å². The molecule has 1 aromatic heterocycles. The van der Waals surface area contributed by atoms with Crippen molar-refractivity contribution in [3.63, 3.8) is 0 Å². The van der Waals surface area contributed by atoms with E-state index in [1.165, 1.54) is 6.33 Å². The van der Waals surface area contributed by atoms with Crippen LogP contribution in [0.5, 0.6) is 0 Å². The van der Waals surface area contributed by atoms with Crippen LogP contribution >= 0.6 is 22.6 Å². The lowest BCUT2D eigenvalue weighted by Crippen LogP contribution is -2.35. The number of rotatable bonds is 2. The summed E-state index contributed by atoms with van der Waals surface area (Å²) in [4.78, 5) is 19.8. The smallest absolute Gasteiger partial charge is 0.266 e. The molecule has 2 rings (SSSR count). The van der Waals surface area contributed by atoms with Gasteiger partial charge in [-0.3, -0.25) is 4.79 Å². The molecular formula is C9H12IN3O3S. The maximum absolute atomic E-state index is 11.4. The van der Waals surface area contributed by atoms with E-state index in [4.69, 9.17) is 0 Å². The van der Waals surface area contributed by atoms with Gasteiger partial charge in [0, 0.05) is 13.1 Å². The third kappa shape index (κ3) is 2.62. The second kappa shape index (κ2) is 4.56. The van der Waals surface area contributed by atoms with Gasteiger partial charge in [0.25, 0.3) is 5.56 Å². The summed E-state index contributed by atoms with van der Waals surface area (Å²) in [7, 11) is -1.16. The topological polar surface area (TPSA) is 83.1 Å². The molecule has 1 aromatic rings. The molecule has 0 aliphatic carbocycles. The number of aromatic amines is 1. The van der Waals surface area contributed by atoms with Crippen molar-refractivity contribution in [2.45, 2.75) is 12.5 Å². The monoisotopic (exact) mass is 369 g/mol. The van der Waals surface area contributed by atoms with E-state index < -0.39 is 9.84 Å². The highest BCUT2D eigenvalue weighted by molar-refractivity contribution is 14.1. The fourth-order valence-corrected chi connectivity index (χ4v) is 4.32. The van der Waals surface area contributed by atoms with E-state index in [2.05, 4.69) is 9.97 Å². The van der Waals surface area contributed by atoms with Crippen LogP contribution in [0.1, 0.15) is 6.42 Å². The predicted molar refractivity (Wildman–Crippen MR) is 73.0 cm³/mol. The average Bonchev–Trinajstić information content (AvgIpc) is 2.62. The number of hydrogen-bond acceptors (Lipinski definition) is 5. The standard InChI is InChI=1S/C9H12IN3O3S/c1-13(6-2-3-17(15,16)4-6)8-7(10)9(14)12-5-11-8/h5-6H,2-4H2,1H3,(H,11,12,14). The van der Waals surface area contributed by atoms with Gasteiger partial charge in [-0.2, -0.15) is 0 Å². The van der Waals surface area contributed by atoms with Crippen molar-refractivity contribution in [3.8, 4) is 0 Å². The SMILES string of the molecule is CN(c1nc[nH]c(=O)c1I)C1CCS(=O)(=O)C1. The van der Waals surface area contributed by atoms with Crippen LogP contribution in [0, 0.1) is 3.57 Å². The van der Waals surface area contributed by atoms with Gasteiger partial charge in [-0.05, 0) is 29.0 Å². The number of H-pyrrole nitrogens is 1. The first-order chi connectivity index (χ1) is 7.91. The van der Waals surface area contributed by atoms with Crippen LogP contribution in [0.2, 0.25) is 0 Å². The molecule has 1 aliphatic heterocycles. The molecule has 0 saturated carbocycles. The summed E-state index contributed by atoms with van der Waals surface area (Å²) in [5, 5.41) is 0. The van der Waals surface area contributed by atoms with Gasteiger partial charge in [-0.25, -0.2) is 13.4 Å². The second-order valence-corrected chi connectivity index (χ2v) is 7.34. The fourth-order valence-electron chi connectivity index (χ4n) is 1.87. The number of sulfone groups is 1. The van der Waals surface area contributed by atoms with Crippen LogP contribution < -0.4 is 10.5 Å². The van der Waals surface area contributed by atoms with Gasteiger partial charge in [0.05, 0.1) is 17.8 Å². The molecule has 0 aromatic carbocycles. The Balaban J connectivity index is 2.29. The number of aromatic nitrogens is 2. The largest absolute Gasteiger partial charge is 0.355 e. The average molecular weight is 369 g/mol. The minimum Gasteiger partial charge on any atom is -0.355 e. The molecule has 1 aliphatic rings. The van der Waals surface area contributed by atoms with Crippen LogP contribution in [0.25, 0.3) is 0 Å². The quantitative estimate of drug-likeness (QED) is 0.742. The van der Waals surface area contributed by atoms with E-state index in [9.17, 15) is 13.2 Å². The summed E-state index contributed by atoms with van der Waals surface area (Å²) in [6.07, 6.45) is 1.92. The van der Waals surface area contributed by atoms with Crippen LogP contribution in [0.15, 0.2) is 11.1 Å². The first-order valence-electron chi connectivity index (χ1n) is 5.07. The molecule has 2 heterocycles. The molecule has 8 heteroatoms. The molecular weight excluding hydrogens is 357 g/mol. The summed E-state index contributed by atoms with van der Waals surface area (Å²) < 4.78 is 23.3. The van der Waals surface area contributed by atoms with Crippen LogP contribution in [-0.4, -0.2) is 43.0 Å². The lowest BCUT2D eigenvalue weighted by molar-refractivity contribution is 0.600. The van der Waals surface area contributed by atoms with Crippen molar-refractivity contribution in [2.75, 3.05) is 23.5 Å². The van der Waals surface area contributed by atoms with Gasteiger partial charge in [0.1, 0.15) is 9.39 Å². The van der Waals surface area contributed by atoms with Crippen LogP contribution in [0.3, 0.4) is 0 Å². The van der Waals surface area contributed by atoms with E-state index in [1.54, 1.807) is 11.9 Å². The Morgan fingerprint density at radius 3 is 2.88 bits per heavy atom. The summed E-state index contributed by atoms with van der Waals surface area (Å²) in [5.74, 6) is 0.881. The summed E-state index contributed by atoms with van der Waals surface area (Å²) in [6, 6.07) is -0.0946. The maximum atomic E-state index is 11.4. The van der Waals surface area contributed by atoms with E-state index in [-0.39, 0.29) is 23.1 Å². The molecule has 1 saturated heterocycles. The molecule has 17 heavy (non-hydrogen) atoms. The van der Waals surface area contributed by atoms with Crippen molar-refractivity contribution >= 4 is 38.2 Å². The zero-order valence-electron chi connectivity index (χ0n) is 9.18. The zero-order chi connectivity index (χ0) is 12.6. The Morgan fingerprint density at radius 1 is 1.59 bits per heavy atom. The van der Waals surface area contributed by atoms with Crippen molar-refractivity contribution in [1.29, 1.82) is 0 Å². The Hall–Kier alpha value is -0.640. The Labute approximate surface area is 112 Å². The predicted octanol–water partition coefficient (Wildman–Crippen LogP) is -0.00220. The summed E-state index contributed by atoms with van der Waals surface area (Å²) in [5.41, 5.74) is -0.205. The van der Waals surface area contributed by atoms with Gasteiger partial charge < -0.3 is 9.88 Å². The maximum Gasteiger partial charge on any atom is 0.266 e. The molecule has 1 unspecified atom stereocenters. The molecule has 1 fully saturated rings. The first-order valence-corrected chi connectivity index (χ1v) is 7.97. The number of halogens is 1. The highest BCUT2D eigenvalue weighted by Gasteiger charge is 2.32. The fraction of sp³-hybridized carbons (Fsp3) is 0.556. The lowest BCUT2D eigenvalue weighted by Gasteiger charge is -2.24. The molecule has 6 nitrogen and oxygen atoms in total. The third-order valence-electron chi connectivity index (χ3n) is 2.87. The normalized spacial score (nSPS) is 22.6. The Morgan fingerprint density at radius 2 is 2.29 bits per heavy atom. The van der Waals surface area contributed by atoms with Crippen LogP contribution in [-0.2, 0) is 9.84 Å². The number of anilines is 1.